The van der Waals surface area contributed by atoms with E-state index in [2.05, 4.69) is 4.99 Å². The normalized spacial score (nSPS) is 12.2. The van der Waals surface area contributed by atoms with Crippen molar-refractivity contribution in [3.05, 3.63) is 58.2 Å². The molecule has 0 aliphatic carbocycles. The van der Waals surface area contributed by atoms with E-state index in [0.717, 1.165) is 38.8 Å². The predicted octanol–water partition coefficient (Wildman–Crippen LogP) is 4.05. The molecule has 1 heterocycles. The smallest absolute Gasteiger partial charge is 0.205 e. The second kappa shape index (κ2) is 8.75. The first-order valence-corrected chi connectivity index (χ1v) is 9.55. The van der Waals surface area contributed by atoms with Crippen LogP contribution in [0.1, 0.15) is 12.5 Å². The lowest BCUT2D eigenvalue weighted by atomic mass is 10.1. The fourth-order valence-electron chi connectivity index (χ4n) is 2.78. The molecule has 0 atom stereocenters. The Hall–Kier alpha value is -3.06. The summed E-state index contributed by atoms with van der Waals surface area (Å²) in [7, 11) is 6.69. The number of methoxy groups -OCH3 is 3. The maximum Gasteiger partial charge on any atom is 0.205 e. The minimum Gasteiger partial charge on any atom is -0.497 e. The molecule has 0 saturated heterocycles. The summed E-state index contributed by atoms with van der Waals surface area (Å²) in [5, 5.41) is 6.86. The van der Waals surface area contributed by atoms with Crippen LogP contribution in [-0.2, 0) is 0 Å². The van der Waals surface area contributed by atoms with Crippen LogP contribution in [0, 0.1) is 0 Å². The minimum atomic E-state index is 0.714. The Labute approximate surface area is 168 Å². The van der Waals surface area contributed by atoms with Crippen LogP contribution in [0.25, 0.3) is 11.3 Å². The summed E-state index contributed by atoms with van der Waals surface area (Å²) < 4.78 is 18.0. The van der Waals surface area contributed by atoms with E-state index in [-0.39, 0.29) is 0 Å². The van der Waals surface area contributed by atoms with Gasteiger partial charge in [-0.05, 0) is 48.9 Å². The molecule has 7 heteroatoms. The van der Waals surface area contributed by atoms with Crippen molar-refractivity contribution in [1.82, 2.24) is 4.68 Å². The van der Waals surface area contributed by atoms with E-state index in [1.54, 1.807) is 28.4 Å². The van der Waals surface area contributed by atoms with Crippen LogP contribution >= 0.6 is 11.3 Å². The predicted molar refractivity (Wildman–Crippen MR) is 113 cm³/mol. The molecule has 0 aliphatic rings. The fraction of sp³-hybridized carbons (Fsp3) is 0.238. The Morgan fingerprint density at radius 1 is 0.929 bits per heavy atom. The molecular formula is C21H23N3O3S. The SMILES string of the molecule is CN=c1scc(-c2ccc(OC)cc2OC)n1N=C(C)c1ccc(OC)cc1. The van der Waals surface area contributed by atoms with Gasteiger partial charge in [0.1, 0.15) is 17.2 Å². The van der Waals surface area contributed by atoms with Gasteiger partial charge in [-0.2, -0.15) is 5.10 Å². The molecule has 0 radical (unpaired) electrons. The monoisotopic (exact) mass is 397 g/mol. The highest BCUT2D eigenvalue weighted by atomic mass is 32.1. The Kier molecular flexibility index (Phi) is 6.16. The molecule has 146 valence electrons. The lowest BCUT2D eigenvalue weighted by molar-refractivity contribution is 0.395. The number of nitrogens with zero attached hydrogens (tertiary/aromatic N) is 3. The first kappa shape index (κ1) is 19.7. The topological polar surface area (TPSA) is 57.3 Å². The molecular weight excluding hydrogens is 374 g/mol. The molecule has 0 N–H and O–H groups in total. The summed E-state index contributed by atoms with van der Waals surface area (Å²) >= 11 is 1.53. The Bertz CT molecular complexity index is 1050. The van der Waals surface area contributed by atoms with E-state index >= 15 is 0 Å². The lowest BCUT2D eigenvalue weighted by Gasteiger charge is -2.11. The molecule has 28 heavy (non-hydrogen) atoms. The van der Waals surface area contributed by atoms with E-state index in [1.807, 2.05) is 59.4 Å². The van der Waals surface area contributed by atoms with Gasteiger partial charge in [-0.25, -0.2) is 4.68 Å². The van der Waals surface area contributed by atoms with Gasteiger partial charge in [0.25, 0.3) is 0 Å². The summed E-state index contributed by atoms with van der Waals surface area (Å²) in [5.41, 5.74) is 3.69. The van der Waals surface area contributed by atoms with E-state index in [0.29, 0.717) is 5.75 Å². The minimum absolute atomic E-state index is 0.714. The third-order valence-electron chi connectivity index (χ3n) is 4.32. The zero-order valence-electron chi connectivity index (χ0n) is 16.6. The van der Waals surface area contributed by atoms with E-state index in [1.165, 1.54) is 11.3 Å². The second-order valence-electron chi connectivity index (χ2n) is 5.92. The second-order valence-corrected chi connectivity index (χ2v) is 6.76. The van der Waals surface area contributed by atoms with E-state index < -0.39 is 0 Å². The Morgan fingerprint density at radius 3 is 2.21 bits per heavy atom. The van der Waals surface area contributed by atoms with Crippen LogP contribution in [0.5, 0.6) is 17.2 Å². The van der Waals surface area contributed by atoms with Crippen molar-refractivity contribution in [3.8, 4) is 28.5 Å². The number of rotatable bonds is 6. The van der Waals surface area contributed by atoms with Gasteiger partial charge < -0.3 is 14.2 Å². The molecule has 0 fully saturated rings. The van der Waals surface area contributed by atoms with Gasteiger partial charge in [-0.15, -0.1) is 11.3 Å². The molecule has 0 spiro atoms. The number of hydrogen-bond donors (Lipinski definition) is 0. The van der Waals surface area contributed by atoms with Gasteiger partial charge in [0.05, 0.1) is 32.7 Å². The van der Waals surface area contributed by atoms with Gasteiger partial charge in [-0.3, -0.25) is 4.99 Å². The van der Waals surface area contributed by atoms with Gasteiger partial charge in [0, 0.05) is 24.1 Å². The Morgan fingerprint density at radius 2 is 1.61 bits per heavy atom. The molecule has 0 amide bonds. The zero-order valence-corrected chi connectivity index (χ0v) is 17.4. The van der Waals surface area contributed by atoms with E-state index in [4.69, 9.17) is 19.3 Å². The van der Waals surface area contributed by atoms with Gasteiger partial charge in [0.2, 0.25) is 4.80 Å². The molecule has 3 rings (SSSR count). The van der Waals surface area contributed by atoms with Crippen molar-refractivity contribution in [2.24, 2.45) is 10.1 Å². The summed E-state index contributed by atoms with van der Waals surface area (Å²) in [4.78, 5) is 5.16. The van der Waals surface area contributed by atoms with Crippen molar-refractivity contribution in [2.45, 2.75) is 6.92 Å². The van der Waals surface area contributed by atoms with Crippen LogP contribution in [0.3, 0.4) is 0 Å². The summed E-state index contributed by atoms with van der Waals surface area (Å²) in [6.07, 6.45) is 0. The Balaban J connectivity index is 2.11. The maximum atomic E-state index is 5.57. The highest BCUT2D eigenvalue weighted by Gasteiger charge is 2.14. The van der Waals surface area contributed by atoms with Gasteiger partial charge in [-0.1, -0.05) is 0 Å². The standard InChI is InChI=1S/C21H23N3O3S/c1-14(15-6-8-16(25-3)9-7-15)23-24-19(13-28-21(24)22-2)18-11-10-17(26-4)12-20(18)27-5/h6-13H,1-5H3. The third-order valence-corrected chi connectivity index (χ3v) is 5.23. The van der Waals surface area contributed by atoms with E-state index in [9.17, 15) is 0 Å². The number of hydrogen-bond acceptors (Lipinski definition) is 6. The molecule has 1 aromatic heterocycles. The molecule has 3 aromatic rings. The average Bonchev–Trinajstić information content (AvgIpc) is 3.15. The molecule has 6 nitrogen and oxygen atoms in total. The molecule has 0 unspecified atom stereocenters. The summed E-state index contributed by atoms with van der Waals surface area (Å²) in [5.74, 6) is 2.26. The lowest BCUT2D eigenvalue weighted by Crippen LogP contribution is -2.14. The highest BCUT2D eigenvalue weighted by Crippen LogP contribution is 2.33. The van der Waals surface area contributed by atoms with Crippen molar-refractivity contribution in [3.63, 3.8) is 0 Å². The number of aromatic nitrogens is 1. The van der Waals surface area contributed by atoms with Gasteiger partial charge in [0.15, 0.2) is 0 Å². The quantitative estimate of drug-likeness (QED) is 0.590. The fourth-order valence-corrected chi connectivity index (χ4v) is 3.57. The first-order valence-electron chi connectivity index (χ1n) is 8.67. The maximum absolute atomic E-state index is 5.57. The van der Waals surface area contributed by atoms with Crippen LogP contribution in [0.4, 0.5) is 0 Å². The van der Waals surface area contributed by atoms with Crippen LogP contribution in [0.2, 0.25) is 0 Å². The van der Waals surface area contributed by atoms with Crippen molar-refractivity contribution in [2.75, 3.05) is 28.4 Å². The largest absolute Gasteiger partial charge is 0.497 e. The van der Waals surface area contributed by atoms with Crippen molar-refractivity contribution < 1.29 is 14.2 Å². The number of benzene rings is 2. The number of ether oxygens (including phenoxy) is 3. The third kappa shape index (κ3) is 3.94. The summed E-state index contributed by atoms with van der Waals surface area (Å²) in [6, 6.07) is 13.6. The number of thiazole rings is 1. The summed E-state index contributed by atoms with van der Waals surface area (Å²) in [6.45, 7) is 1.97. The molecule has 0 saturated carbocycles. The molecule has 0 bridgehead atoms. The van der Waals surface area contributed by atoms with Crippen molar-refractivity contribution in [1.29, 1.82) is 0 Å². The highest BCUT2D eigenvalue weighted by molar-refractivity contribution is 7.07. The first-order chi connectivity index (χ1) is 13.6. The molecule has 0 aliphatic heterocycles. The van der Waals surface area contributed by atoms with Crippen LogP contribution in [-0.4, -0.2) is 38.8 Å². The molecule has 2 aromatic carbocycles. The average molecular weight is 398 g/mol. The zero-order chi connectivity index (χ0) is 20.1. The van der Waals surface area contributed by atoms with Gasteiger partial charge >= 0.3 is 0 Å². The van der Waals surface area contributed by atoms with Crippen molar-refractivity contribution >= 4 is 17.0 Å². The van der Waals surface area contributed by atoms with Crippen LogP contribution in [0.15, 0.2) is 57.9 Å². The van der Waals surface area contributed by atoms with Crippen LogP contribution < -0.4 is 19.0 Å².